The molecule has 2 aromatic rings. The van der Waals surface area contributed by atoms with Crippen molar-refractivity contribution in [2.24, 2.45) is 0 Å². The molecule has 1 aromatic carbocycles. The number of nitrogens with zero attached hydrogens (tertiary/aromatic N) is 2. The van der Waals surface area contributed by atoms with Gasteiger partial charge in [-0.15, -0.1) is 0 Å². The molecular weight excluding hydrogens is 424 g/mol. The summed E-state index contributed by atoms with van der Waals surface area (Å²) in [6, 6.07) is 6.28. The van der Waals surface area contributed by atoms with Gasteiger partial charge in [0.05, 0.1) is 6.54 Å². The lowest BCUT2D eigenvalue weighted by atomic mass is 10.2. The van der Waals surface area contributed by atoms with Crippen LogP contribution >= 0.6 is 0 Å². The Labute approximate surface area is 180 Å². The quantitative estimate of drug-likeness (QED) is 0.687. The Morgan fingerprint density at radius 3 is 2.58 bits per heavy atom. The van der Waals surface area contributed by atoms with Gasteiger partial charge < -0.3 is 24.7 Å². The number of benzene rings is 1. The summed E-state index contributed by atoms with van der Waals surface area (Å²) in [5, 5.41) is 2.66. The van der Waals surface area contributed by atoms with Crippen LogP contribution in [0.5, 0.6) is 11.5 Å². The van der Waals surface area contributed by atoms with Crippen LogP contribution in [0.4, 0.5) is 5.69 Å². The van der Waals surface area contributed by atoms with Crippen LogP contribution in [-0.2, 0) is 14.8 Å². The van der Waals surface area contributed by atoms with Gasteiger partial charge in [-0.3, -0.25) is 9.59 Å². The number of hydrogen-bond donors (Lipinski definition) is 2. The summed E-state index contributed by atoms with van der Waals surface area (Å²) in [6.45, 7) is 1.83. The predicted octanol–water partition coefficient (Wildman–Crippen LogP) is 1.28. The number of nitrogens with one attached hydrogen (secondary N) is 2. The first-order valence-electron chi connectivity index (χ1n) is 9.98. The van der Waals surface area contributed by atoms with Gasteiger partial charge in [0.25, 0.3) is 5.91 Å². The number of carbonyl (C=O) groups is 2. The number of fused-ring (bicyclic) bond motifs is 1. The maximum absolute atomic E-state index is 12.8. The molecule has 166 valence electrons. The first-order valence-corrected chi connectivity index (χ1v) is 11.4. The third kappa shape index (κ3) is 4.52. The van der Waals surface area contributed by atoms with Crippen molar-refractivity contribution in [3.63, 3.8) is 0 Å². The highest BCUT2D eigenvalue weighted by atomic mass is 32.2. The molecule has 11 heteroatoms. The molecule has 2 aliphatic rings. The van der Waals surface area contributed by atoms with E-state index in [-0.39, 0.29) is 16.5 Å². The standard InChI is InChI=1S/C20H24N4O6S/c1-23(13-19(25)22-14-4-5-17-18(10-14)30-9-8-29-17)31(27,28)15-11-16(21-12-15)20(26)24-6-2-3-7-24/h4-5,10-12,21H,2-3,6-9,13H2,1H3,(H,22,25). The van der Waals surface area contributed by atoms with Gasteiger partial charge in [0, 0.05) is 38.1 Å². The molecule has 1 fully saturated rings. The van der Waals surface area contributed by atoms with Gasteiger partial charge in [-0.25, -0.2) is 8.42 Å². The van der Waals surface area contributed by atoms with E-state index in [4.69, 9.17) is 9.47 Å². The fourth-order valence-corrected chi connectivity index (χ4v) is 4.65. The molecule has 0 spiro atoms. The molecule has 0 radical (unpaired) electrons. The van der Waals surface area contributed by atoms with Gasteiger partial charge in [-0.2, -0.15) is 4.31 Å². The second kappa shape index (κ2) is 8.60. The number of H-pyrrole nitrogens is 1. The first kappa shape index (κ1) is 21.2. The molecule has 2 N–H and O–H groups in total. The fraction of sp³-hybridized carbons (Fsp3) is 0.400. The Bertz CT molecular complexity index is 1090. The predicted molar refractivity (Wildman–Crippen MR) is 112 cm³/mol. The topological polar surface area (TPSA) is 121 Å². The smallest absolute Gasteiger partial charge is 0.270 e. The van der Waals surface area contributed by atoms with Crippen molar-refractivity contribution < 1.29 is 27.5 Å². The highest BCUT2D eigenvalue weighted by Gasteiger charge is 2.27. The van der Waals surface area contributed by atoms with Crippen molar-refractivity contribution in [2.75, 3.05) is 45.2 Å². The highest BCUT2D eigenvalue weighted by Crippen LogP contribution is 2.32. The van der Waals surface area contributed by atoms with E-state index in [0.29, 0.717) is 43.5 Å². The van der Waals surface area contributed by atoms with Gasteiger partial charge in [0.15, 0.2) is 11.5 Å². The number of carbonyl (C=O) groups excluding carboxylic acids is 2. The van der Waals surface area contributed by atoms with E-state index in [0.717, 1.165) is 17.1 Å². The zero-order valence-electron chi connectivity index (χ0n) is 17.1. The Morgan fingerprint density at radius 2 is 1.84 bits per heavy atom. The molecule has 10 nitrogen and oxygen atoms in total. The van der Waals surface area contributed by atoms with Gasteiger partial charge in [0.2, 0.25) is 15.9 Å². The number of hydrogen-bond acceptors (Lipinski definition) is 6. The summed E-state index contributed by atoms with van der Waals surface area (Å²) in [4.78, 5) is 29.2. The van der Waals surface area contributed by atoms with E-state index >= 15 is 0 Å². The van der Waals surface area contributed by atoms with E-state index in [1.54, 1.807) is 23.1 Å². The van der Waals surface area contributed by atoms with Crippen LogP contribution in [-0.4, -0.2) is 74.3 Å². The van der Waals surface area contributed by atoms with E-state index in [2.05, 4.69) is 10.3 Å². The van der Waals surface area contributed by atoms with Crippen molar-refractivity contribution in [1.82, 2.24) is 14.2 Å². The molecule has 0 unspecified atom stereocenters. The molecular formula is C20H24N4O6S. The van der Waals surface area contributed by atoms with E-state index in [1.165, 1.54) is 19.3 Å². The van der Waals surface area contributed by atoms with Gasteiger partial charge in [0.1, 0.15) is 23.8 Å². The molecule has 2 amide bonds. The van der Waals surface area contributed by atoms with E-state index in [1.807, 2.05) is 0 Å². The Hall–Kier alpha value is -3.05. The molecule has 3 heterocycles. The number of likely N-dealkylation sites (N-methyl/N-ethyl adjacent to an activating group) is 1. The van der Waals surface area contributed by atoms with Crippen LogP contribution in [0.1, 0.15) is 23.3 Å². The maximum Gasteiger partial charge on any atom is 0.270 e. The molecule has 0 saturated carbocycles. The Kier molecular flexibility index (Phi) is 5.88. The normalized spacial score (nSPS) is 15.9. The summed E-state index contributed by atoms with van der Waals surface area (Å²) in [6.07, 6.45) is 3.16. The third-order valence-electron chi connectivity index (χ3n) is 5.18. The van der Waals surface area contributed by atoms with Crippen molar-refractivity contribution >= 4 is 27.5 Å². The lowest BCUT2D eigenvalue weighted by Gasteiger charge is -2.19. The third-order valence-corrected chi connectivity index (χ3v) is 6.96. The summed E-state index contributed by atoms with van der Waals surface area (Å²) >= 11 is 0. The highest BCUT2D eigenvalue weighted by molar-refractivity contribution is 7.89. The Morgan fingerprint density at radius 1 is 1.13 bits per heavy atom. The average Bonchev–Trinajstić information content (AvgIpc) is 3.45. The number of ether oxygens (including phenoxy) is 2. The molecule has 0 aliphatic carbocycles. The minimum absolute atomic E-state index is 0.0651. The van der Waals surface area contributed by atoms with Crippen LogP contribution in [0.2, 0.25) is 0 Å². The van der Waals surface area contributed by atoms with Crippen LogP contribution < -0.4 is 14.8 Å². The molecule has 1 saturated heterocycles. The van der Waals surface area contributed by atoms with Crippen molar-refractivity contribution in [2.45, 2.75) is 17.7 Å². The number of amides is 2. The lowest BCUT2D eigenvalue weighted by molar-refractivity contribution is -0.116. The molecule has 0 atom stereocenters. The number of aromatic nitrogens is 1. The first-order chi connectivity index (χ1) is 14.8. The van der Waals surface area contributed by atoms with E-state index in [9.17, 15) is 18.0 Å². The second-order valence-electron chi connectivity index (χ2n) is 7.42. The Balaban J connectivity index is 1.39. The number of sulfonamides is 1. The van der Waals surface area contributed by atoms with Crippen LogP contribution in [0, 0.1) is 0 Å². The van der Waals surface area contributed by atoms with Gasteiger partial charge >= 0.3 is 0 Å². The fourth-order valence-electron chi connectivity index (χ4n) is 3.53. The SMILES string of the molecule is CN(CC(=O)Nc1ccc2c(c1)OCCO2)S(=O)(=O)c1c[nH]c(C(=O)N2CCCC2)c1. The van der Waals surface area contributed by atoms with Crippen LogP contribution in [0.3, 0.4) is 0 Å². The molecule has 2 aliphatic heterocycles. The van der Waals surface area contributed by atoms with Gasteiger partial charge in [-0.05, 0) is 31.0 Å². The zero-order valence-corrected chi connectivity index (χ0v) is 17.9. The maximum atomic E-state index is 12.8. The van der Waals surface area contributed by atoms with Crippen molar-refractivity contribution in [1.29, 1.82) is 0 Å². The monoisotopic (exact) mass is 448 g/mol. The van der Waals surface area contributed by atoms with E-state index < -0.39 is 22.5 Å². The van der Waals surface area contributed by atoms with Gasteiger partial charge in [-0.1, -0.05) is 0 Å². The molecule has 1 aromatic heterocycles. The van der Waals surface area contributed by atoms with Crippen molar-refractivity contribution in [3.05, 3.63) is 36.2 Å². The summed E-state index contributed by atoms with van der Waals surface area (Å²) in [7, 11) is -2.64. The number of anilines is 1. The lowest BCUT2D eigenvalue weighted by Crippen LogP contribution is -2.34. The van der Waals surface area contributed by atoms with Crippen molar-refractivity contribution in [3.8, 4) is 11.5 Å². The zero-order chi connectivity index (χ0) is 22.0. The largest absolute Gasteiger partial charge is 0.486 e. The molecule has 0 bridgehead atoms. The number of likely N-dealkylation sites (tertiary alicyclic amines) is 1. The van der Waals surface area contributed by atoms with Crippen LogP contribution in [0.25, 0.3) is 0 Å². The minimum atomic E-state index is -3.95. The molecule has 31 heavy (non-hydrogen) atoms. The summed E-state index contributed by atoms with van der Waals surface area (Å²) in [5.74, 6) is 0.382. The number of aromatic amines is 1. The summed E-state index contributed by atoms with van der Waals surface area (Å²) in [5.41, 5.74) is 0.690. The van der Waals surface area contributed by atoms with Crippen LogP contribution in [0.15, 0.2) is 35.4 Å². The second-order valence-corrected chi connectivity index (χ2v) is 9.46. The molecule has 4 rings (SSSR count). The number of rotatable bonds is 6. The minimum Gasteiger partial charge on any atom is -0.486 e. The average molecular weight is 449 g/mol. The summed E-state index contributed by atoms with van der Waals surface area (Å²) < 4.78 is 37.5.